The minimum absolute atomic E-state index is 0.00243. The van der Waals surface area contributed by atoms with E-state index in [1.54, 1.807) is 5.38 Å². The van der Waals surface area contributed by atoms with Crippen molar-refractivity contribution in [3.05, 3.63) is 59.0 Å². The van der Waals surface area contributed by atoms with Crippen molar-refractivity contribution in [2.75, 3.05) is 11.4 Å². The normalized spacial score (nSPS) is 18.2. The number of aromatic nitrogens is 1. The van der Waals surface area contributed by atoms with Gasteiger partial charge in [0.15, 0.2) is 5.82 Å². The van der Waals surface area contributed by atoms with Gasteiger partial charge in [-0.15, -0.1) is 11.3 Å². The molecule has 2 aromatic carbocycles. The maximum atomic E-state index is 12.2. The molecule has 0 unspecified atom stereocenters. The molecule has 4 rings (SSSR count). The molecule has 0 radical (unpaired) electrons. The Bertz CT molecular complexity index is 1290. The predicted octanol–water partition coefficient (Wildman–Crippen LogP) is 6.50. The molecule has 0 spiro atoms. The van der Waals surface area contributed by atoms with E-state index in [2.05, 4.69) is 50.0 Å². The van der Waals surface area contributed by atoms with Crippen LogP contribution >= 0.6 is 11.3 Å². The van der Waals surface area contributed by atoms with Crippen LogP contribution in [0.2, 0.25) is 0 Å². The van der Waals surface area contributed by atoms with E-state index in [0.29, 0.717) is 16.3 Å². The second-order valence-electron chi connectivity index (χ2n) is 10.3. The summed E-state index contributed by atoms with van der Waals surface area (Å²) in [6, 6.07) is 12.5. The SMILES string of the molecule is COc1cc(C(=O)O)ccc1N(c1csc(-c2ccc(C3CCC(C(C)(C)C)CC3)cc2)n1)[SH](=O)=O. The molecule has 192 valence electrons. The van der Waals surface area contributed by atoms with Crippen LogP contribution in [0.4, 0.5) is 11.5 Å². The van der Waals surface area contributed by atoms with Crippen molar-refractivity contribution in [2.45, 2.75) is 52.4 Å². The van der Waals surface area contributed by atoms with Gasteiger partial charge >= 0.3 is 5.97 Å². The Hall–Kier alpha value is -2.91. The van der Waals surface area contributed by atoms with Crippen molar-refractivity contribution in [3.63, 3.8) is 0 Å². The van der Waals surface area contributed by atoms with Gasteiger partial charge in [-0.05, 0) is 66.7 Å². The van der Waals surface area contributed by atoms with Crippen LogP contribution in [0.25, 0.3) is 10.6 Å². The molecular formula is C27H32N2O5S2. The molecule has 1 heterocycles. The number of nitrogens with zero attached hydrogens (tertiary/aromatic N) is 2. The summed E-state index contributed by atoms with van der Waals surface area (Å²) < 4.78 is 30.7. The predicted molar refractivity (Wildman–Crippen MR) is 144 cm³/mol. The number of carboxylic acids is 1. The highest BCUT2D eigenvalue weighted by molar-refractivity contribution is 7.74. The first-order valence-corrected chi connectivity index (χ1v) is 14.0. The van der Waals surface area contributed by atoms with Crippen LogP contribution in [0.1, 0.15) is 68.3 Å². The van der Waals surface area contributed by atoms with Gasteiger partial charge in [-0.3, -0.25) is 0 Å². The average molecular weight is 529 g/mol. The van der Waals surface area contributed by atoms with E-state index in [9.17, 15) is 18.3 Å². The molecule has 1 fully saturated rings. The van der Waals surface area contributed by atoms with E-state index < -0.39 is 16.9 Å². The van der Waals surface area contributed by atoms with E-state index in [0.717, 1.165) is 15.8 Å². The molecule has 1 saturated carbocycles. The number of carbonyl (C=O) groups is 1. The van der Waals surface area contributed by atoms with Crippen LogP contribution in [0.5, 0.6) is 5.75 Å². The number of methoxy groups -OCH3 is 1. The Morgan fingerprint density at radius 1 is 1.08 bits per heavy atom. The number of hydrogen-bond acceptors (Lipinski definition) is 6. The smallest absolute Gasteiger partial charge is 0.335 e. The first kappa shape index (κ1) is 26.2. The molecule has 1 aromatic heterocycles. The lowest BCUT2D eigenvalue weighted by molar-refractivity contribution is 0.0696. The lowest BCUT2D eigenvalue weighted by Crippen LogP contribution is -2.25. The van der Waals surface area contributed by atoms with E-state index >= 15 is 0 Å². The third-order valence-corrected chi connectivity index (χ3v) is 8.73. The fourth-order valence-electron chi connectivity index (χ4n) is 4.97. The summed E-state index contributed by atoms with van der Waals surface area (Å²) in [5.41, 5.74) is 2.84. The maximum absolute atomic E-state index is 12.2. The van der Waals surface area contributed by atoms with Gasteiger partial charge in [0.1, 0.15) is 16.4 Å². The number of aromatic carboxylic acids is 1. The molecule has 1 aliphatic carbocycles. The van der Waals surface area contributed by atoms with E-state index in [-0.39, 0.29) is 22.8 Å². The summed E-state index contributed by atoms with van der Waals surface area (Å²) in [7, 11) is -1.73. The molecule has 0 saturated heterocycles. The number of thiol groups is 1. The third-order valence-electron chi connectivity index (χ3n) is 7.11. The Labute approximate surface area is 217 Å². The zero-order chi connectivity index (χ0) is 26.0. The zero-order valence-corrected chi connectivity index (χ0v) is 22.6. The largest absolute Gasteiger partial charge is 0.495 e. The van der Waals surface area contributed by atoms with Crippen LogP contribution < -0.4 is 9.04 Å². The second kappa shape index (κ2) is 10.6. The van der Waals surface area contributed by atoms with Gasteiger partial charge in [-0.2, -0.15) is 0 Å². The van der Waals surface area contributed by atoms with Crippen LogP contribution in [-0.2, 0) is 10.9 Å². The maximum Gasteiger partial charge on any atom is 0.335 e. The fraction of sp³-hybridized carbons (Fsp3) is 0.407. The van der Waals surface area contributed by atoms with Gasteiger partial charge in [0, 0.05) is 10.9 Å². The van der Waals surface area contributed by atoms with Gasteiger partial charge in [0.25, 0.3) is 0 Å². The summed E-state index contributed by atoms with van der Waals surface area (Å²) in [6.07, 6.45) is 4.92. The molecule has 7 nitrogen and oxygen atoms in total. The first-order valence-electron chi connectivity index (χ1n) is 12.0. The molecular weight excluding hydrogens is 496 g/mol. The lowest BCUT2D eigenvalue weighted by Gasteiger charge is -2.37. The van der Waals surface area contributed by atoms with Crippen molar-refractivity contribution in [1.29, 1.82) is 0 Å². The van der Waals surface area contributed by atoms with Crippen molar-refractivity contribution < 1.29 is 23.1 Å². The minimum Gasteiger partial charge on any atom is -0.495 e. The summed E-state index contributed by atoms with van der Waals surface area (Å²) >= 11 is 1.35. The van der Waals surface area contributed by atoms with Gasteiger partial charge in [-0.1, -0.05) is 45.0 Å². The van der Waals surface area contributed by atoms with Crippen LogP contribution in [0.3, 0.4) is 0 Å². The Kier molecular flexibility index (Phi) is 7.70. The van der Waals surface area contributed by atoms with Crippen molar-refractivity contribution in [3.8, 4) is 16.3 Å². The molecule has 36 heavy (non-hydrogen) atoms. The second-order valence-corrected chi connectivity index (χ2v) is 12.0. The summed E-state index contributed by atoms with van der Waals surface area (Å²) in [4.78, 5) is 15.9. The molecule has 1 N–H and O–H groups in total. The summed E-state index contributed by atoms with van der Waals surface area (Å²) in [6.45, 7) is 7.00. The zero-order valence-electron chi connectivity index (χ0n) is 20.9. The lowest BCUT2D eigenvalue weighted by atomic mass is 9.69. The number of benzene rings is 2. The van der Waals surface area contributed by atoms with Gasteiger partial charge < -0.3 is 9.84 Å². The Morgan fingerprint density at radius 2 is 1.75 bits per heavy atom. The Morgan fingerprint density at radius 3 is 2.31 bits per heavy atom. The van der Waals surface area contributed by atoms with Gasteiger partial charge in [0.2, 0.25) is 10.9 Å². The van der Waals surface area contributed by atoms with Crippen LogP contribution in [0, 0.1) is 11.3 Å². The topological polar surface area (TPSA) is 96.8 Å². The van der Waals surface area contributed by atoms with Crippen molar-refractivity contribution >= 4 is 39.7 Å². The molecule has 0 amide bonds. The number of hydrogen-bond donors (Lipinski definition) is 2. The van der Waals surface area contributed by atoms with Gasteiger partial charge in [-0.25, -0.2) is 22.5 Å². The first-order chi connectivity index (χ1) is 17.1. The molecule has 9 heteroatoms. The summed E-state index contributed by atoms with van der Waals surface area (Å²) in [5, 5.41) is 11.6. The molecule has 0 atom stereocenters. The van der Waals surface area contributed by atoms with E-state index in [1.165, 1.54) is 67.9 Å². The van der Waals surface area contributed by atoms with Crippen LogP contribution in [0.15, 0.2) is 47.8 Å². The van der Waals surface area contributed by atoms with Crippen LogP contribution in [-0.4, -0.2) is 31.6 Å². The number of carboxylic acid groups (broad SMARTS) is 1. The van der Waals surface area contributed by atoms with E-state index in [1.807, 2.05) is 0 Å². The monoisotopic (exact) mass is 528 g/mol. The quantitative estimate of drug-likeness (QED) is 0.340. The van der Waals surface area contributed by atoms with E-state index in [4.69, 9.17) is 4.74 Å². The van der Waals surface area contributed by atoms with Crippen molar-refractivity contribution in [1.82, 2.24) is 4.98 Å². The summed E-state index contributed by atoms with van der Waals surface area (Å²) in [5.74, 6) is 0.590. The average Bonchev–Trinajstić information content (AvgIpc) is 3.33. The highest BCUT2D eigenvalue weighted by atomic mass is 32.2. The number of anilines is 2. The molecule has 1 aliphatic rings. The van der Waals surface area contributed by atoms with Gasteiger partial charge in [0.05, 0.1) is 12.7 Å². The highest BCUT2D eigenvalue weighted by Gasteiger charge is 2.30. The van der Waals surface area contributed by atoms with Crippen molar-refractivity contribution in [2.24, 2.45) is 11.3 Å². The Balaban J connectivity index is 1.54. The number of thiazole rings is 1. The number of rotatable bonds is 7. The highest BCUT2D eigenvalue weighted by Crippen LogP contribution is 2.43. The molecule has 0 bridgehead atoms. The minimum atomic E-state index is -3.10. The molecule has 3 aromatic rings. The molecule has 0 aliphatic heterocycles. The number of ether oxygens (including phenoxy) is 1. The fourth-order valence-corrected chi connectivity index (χ4v) is 6.45. The standard InChI is InChI=1S/C27H32N2O5S2/c1-27(2,3)21-12-9-18(10-13-21)17-5-7-19(8-6-17)25-28-24(16-35-25)29(36(32)33)22-14-11-20(26(30)31)15-23(22)34-4/h5-8,11,14-16,18,21,36H,9-10,12-13H2,1-4H3,(H,30,31). The third kappa shape index (κ3) is 5.57.